The first-order valence-electron chi connectivity index (χ1n) is 7.86. The first-order valence-corrected chi connectivity index (χ1v) is 9.05. The number of nitrogens with one attached hydrogen (secondary N) is 1. The Bertz CT molecular complexity index is 695. The molecular formula is C16H25ClIN5OS. The van der Waals surface area contributed by atoms with Crippen LogP contribution in [-0.2, 0) is 18.5 Å². The van der Waals surface area contributed by atoms with E-state index < -0.39 is 0 Å². The van der Waals surface area contributed by atoms with E-state index >= 15 is 0 Å². The van der Waals surface area contributed by atoms with Crippen LogP contribution in [0.3, 0.4) is 0 Å². The zero-order valence-corrected chi connectivity index (χ0v) is 19.1. The summed E-state index contributed by atoms with van der Waals surface area (Å²) in [6, 6.07) is 3.94. The van der Waals surface area contributed by atoms with Crippen LogP contribution in [-0.4, -0.2) is 34.6 Å². The third-order valence-corrected chi connectivity index (χ3v) is 4.41. The fourth-order valence-corrected chi connectivity index (χ4v) is 3.12. The van der Waals surface area contributed by atoms with Gasteiger partial charge in [-0.15, -0.1) is 35.3 Å². The average molecular weight is 498 g/mol. The van der Waals surface area contributed by atoms with Gasteiger partial charge in [-0.2, -0.15) is 4.98 Å². The normalized spacial score (nSPS) is 12.0. The molecular weight excluding hydrogens is 473 g/mol. The summed E-state index contributed by atoms with van der Waals surface area (Å²) < 4.78 is 6.10. The molecule has 0 unspecified atom stereocenters. The van der Waals surface area contributed by atoms with Crippen LogP contribution in [0.5, 0.6) is 0 Å². The summed E-state index contributed by atoms with van der Waals surface area (Å²) >= 11 is 7.57. The quantitative estimate of drug-likeness (QED) is 0.379. The zero-order valence-electron chi connectivity index (χ0n) is 15.2. The van der Waals surface area contributed by atoms with Gasteiger partial charge in [0.05, 0.1) is 10.9 Å². The minimum absolute atomic E-state index is 0. The molecule has 6 nitrogen and oxygen atoms in total. The minimum atomic E-state index is -0.158. The van der Waals surface area contributed by atoms with Crippen molar-refractivity contribution in [3.8, 4) is 0 Å². The van der Waals surface area contributed by atoms with Crippen molar-refractivity contribution < 1.29 is 4.52 Å². The summed E-state index contributed by atoms with van der Waals surface area (Å²) in [5.74, 6) is 2.01. The minimum Gasteiger partial charge on any atom is -0.357 e. The van der Waals surface area contributed by atoms with Crippen LogP contribution in [0.25, 0.3) is 0 Å². The molecule has 25 heavy (non-hydrogen) atoms. The summed E-state index contributed by atoms with van der Waals surface area (Å²) in [6.07, 6.45) is 0. The lowest BCUT2D eigenvalue weighted by molar-refractivity contribution is 0.318. The van der Waals surface area contributed by atoms with Crippen molar-refractivity contribution in [2.45, 2.75) is 46.2 Å². The van der Waals surface area contributed by atoms with Crippen LogP contribution in [0.4, 0.5) is 0 Å². The maximum atomic E-state index is 5.99. The Morgan fingerprint density at radius 3 is 2.64 bits per heavy atom. The molecule has 2 heterocycles. The van der Waals surface area contributed by atoms with Crippen molar-refractivity contribution in [3.05, 3.63) is 33.1 Å². The van der Waals surface area contributed by atoms with Gasteiger partial charge in [0.25, 0.3) is 0 Å². The fraction of sp³-hybridized carbons (Fsp3) is 0.562. The number of hydrogen-bond donors (Lipinski definition) is 1. The van der Waals surface area contributed by atoms with Crippen LogP contribution < -0.4 is 5.32 Å². The second kappa shape index (κ2) is 9.72. The Morgan fingerprint density at radius 1 is 1.40 bits per heavy atom. The van der Waals surface area contributed by atoms with Gasteiger partial charge in [-0.1, -0.05) is 37.5 Å². The van der Waals surface area contributed by atoms with Gasteiger partial charge in [0, 0.05) is 23.9 Å². The van der Waals surface area contributed by atoms with Gasteiger partial charge in [-0.3, -0.25) is 0 Å². The van der Waals surface area contributed by atoms with Gasteiger partial charge in [0.15, 0.2) is 11.8 Å². The van der Waals surface area contributed by atoms with Gasteiger partial charge in [-0.25, -0.2) is 4.99 Å². The van der Waals surface area contributed by atoms with Gasteiger partial charge in [-0.05, 0) is 19.1 Å². The van der Waals surface area contributed by atoms with E-state index in [4.69, 9.17) is 16.1 Å². The van der Waals surface area contributed by atoms with Crippen molar-refractivity contribution in [1.82, 2.24) is 20.4 Å². The molecule has 0 spiro atoms. The molecule has 1 N–H and O–H groups in total. The topological polar surface area (TPSA) is 66.5 Å². The van der Waals surface area contributed by atoms with Gasteiger partial charge in [0.2, 0.25) is 5.89 Å². The molecule has 0 aliphatic rings. The molecule has 2 rings (SSSR count). The first kappa shape index (κ1) is 22.2. The lowest BCUT2D eigenvalue weighted by Crippen LogP contribution is -2.38. The monoisotopic (exact) mass is 497 g/mol. The second-order valence-corrected chi connectivity index (χ2v) is 8.30. The molecule has 2 aromatic heterocycles. The van der Waals surface area contributed by atoms with E-state index in [1.165, 1.54) is 4.88 Å². The Balaban J connectivity index is 0.00000312. The summed E-state index contributed by atoms with van der Waals surface area (Å²) in [7, 11) is 1.99. The molecule has 0 aromatic carbocycles. The van der Waals surface area contributed by atoms with Gasteiger partial charge >= 0.3 is 0 Å². The maximum absolute atomic E-state index is 5.99. The lowest BCUT2D eigenvalue weighted by atomic mass is 9.97. The Kier molecular flexibility index (Phi) is 8.62. The van der Waals surface area contributed by atoms with E-state index in [1.807, 2.05) is 46.9 Å². The predicted octanol–water partition coefficient (Wildman–Crippen LogP) is 4.30. The largest absolute Gasteiger partial charge is 0.357 e. The fourth-order valence-electron chi connectivity index (χ4n) is 1.98. The molecule has 0 amide bonds. The molecule has 0 aliphatic carbocycles. The van der Waals surface area contributed by atoms with Crippen LogP contribution in [0.2, 0.25) is 4.34 Å². The second-order valence-electron chi connectivity index (χ2n) is 6.50. The van der Waals surface area contributed by atoms with Crippen molar-refractivity contribution in [3.63, 3.8) is 0 Å². The van der Waals surface area contributed by atoms with Crippen molar-refractivity contribution in [1.29, 1.82) is 0 Å². The summed E-state index contributed by atoms with van der Waals surface area (Å²) in [6.45, 7) is 10.1. The number of halogens is 2. The molecule has 0 bridgehead atoms. The molecule has 0 radical (unpaired) electrons. The van der Waals surface area contributed by atoms with E-state index in [2.05, 4.69) is 25.3 Å². The molecule has 2 aromatic rings. The van der Waals surface area contributed by atoms with Crippen molar-refractivity contribution in [2.24, 2.45) is 4.99 Å². The smallest absolute Gasteiger partial charge is 0.232 e. The van der Waals surface area contributed by atoms with Crippen LogP contribution in [0.15, 0.2) is 21.6 Å². The summed E-state index contributed by atoms with van der Waals surface area (Å²) in [5, 5.41) is 7.28. The van der Waals surface area contributed by atoms with Crippen molar-refractivity contribution in [2.75, 3.05) is 13.6 Å². The van der Waals surface area contributed by atoms with E-state index in [0.29, 0.717) is 18.3 Å². The average Bonchev–Trinajstić information content (AvgIpc) is 3.12. The number of aliphatic imine (C=N–C) groups is 1. The zero-order chi connectivity index (χ0) is 17.7. The number of rotatable bonds is 5. The standard InChI is InChI=1S/C16H24ClN5OS.HI/c1-6-18-15(22(5)10-11-7-8-12(17)24-11)19-9-13-20-14(23-21-13)16(2,3)4;/h7-8H,6,9-10H2,1-5H3,(H,18,19);1H. The first-order chi connectivity index (χ1) is 11.3. The number of guanidine groups is 1. The number of nitrogens with zero attached hydrogens (tertiary/aromatic N) is 4. The Morgan fingerprint density at radius 2 is 2.12 bits per heavy atom. The third-order valence-electron chi connectivity index (χ3n) is 3.20. The van der Waals surface area contributed by atoms with Crippen molar-refractivity contribution >= 4 is 52.9 Å². The third kappa shape index (κ3) is 6.74. The highest BCUT2D eigenvalue weighted by Crippen LogP contribution is 2.22. The van der Waals surface area contributed by atoms with Gasteiger partial charge in [0.1, 0.15) is 6.54 Å². The highest BCUT2D eigenvalue weighted by molar-refractivity contribution is 14.0. The Hall–Kier alpha value is -0.870. The summed E-state index contributed by atoms with van der Waals surface area (Å²) in [4.78, 5) is 12.2. The van der Waals surface area contributed by atoms with E-state index in [1.54, 1.807) is 11.3 Å². The van der Waals surface area contributed by atoms with E-state index in [9.17, 15) is 0 Å². The number of aromatic nitrogens is 2. The van der Waals surface area contributed by atoms with Crippen LogP contribution >= 0.6 is 46.9 Å². The highest BCUT2D eigenvalue weighted by atomic mass is 127. The SMILES string of the molecule is CCNC(=NCc1noc(C(C)(C)C)n1)N(C)Cc1ccc(Cl)s1.I. The molecule has 0 saturated heterocycles. The number of hydrogen-bond acceptors (Lipinski definition) is 5. The molecule has 140 valence electrons. The van der Waals surface area contributed by atoms with Crippen LogP contribution in [0.1, 0.15) is 44.3 Å². The van der Waals surface area contributed by atoms with Gasteiger partial charge < -0.3 is 14.7 Å². The maximum Gasteiger partial charge on any atom is 0.232 e. The molecule has 0 saturated carbocycles. The summed E-state index contributed by atoms with van der Waals surface area (Å²) in [5.41, 5.74) is -0.158. The molecule has 9 heteroatoms. The molecule has 0 atom stereocenters. The lowest BCUT2D eigenvalue weighted by Gasteiger charge is -2.21. The highest BCUT2D eigenvalue weighted by Gasteiger charge is 2.21. The van der Waals surface area contributed by atoms with E-state index in [-0.39, 0.29) is 29.4 Å². The van der Waals surface area contributed by atoms with E-state index in [0.717, 1.165) is 23.4 Å². The Labute approximate surface area is 175 Å². The molecule has 0 aliphatic heterocycles. The molecule has 0 fully saturated rings. The van der Waals surface area contributed by atoms with Crippen LogP contribution in [0, 0.1) is 0 Å². The number of thiophene rings is 1. The predicted molar refractivity (Wildman–Crippen MR) is 114 cm³/mol.